The third-order valence-electron chi connectivity index (χ3n) is 4.49. The molecule has 140 valence electrons. The molecule has 1 aliphatic rings. The number of piperazine rings is 1. The molecule has 1 fully saturated rings. The van der Waals surface area contributed by atoms with E-state index in [2.05, 4.69) is 10.2 Å². The number of benzene rings is 1. The maximum absolute atomic E-state index is 12.7. The lowest BCUT2D eigenvalue weighted by Crippen LogP contribution is -2.50. The summed E-state index contributed by atoms with van der Waals surface area (Å²) in [5.74, 6) is -0.169. The van der Waals surface area contributed by atoms with Gasteiger partial charge in [0, 0.05) is 31.7 Å². The Morgan fingerprint density at radius 2 is 1.78 bits per heavy atom. The van der Waals surface area contributed by atoms with Gasteiger partial charge in [0.1, 0.15) is 9.90 Å². The van der Waals surface area contributed by atoms with Gasteiger partial charge in [0.25, 0.3) is 15.9 Å². The molecule has 1 amide bonds. The summed E-state index contributed by atoms with van der Waals surface area (Å²) in [6.45, 7) is 1.27. The van der Waals surface area contributed by atoms with Crippen LogP contribution in [0.2, 0.25) is 0 Å². The molecule has 1 aromatic carbocycles. The van der Waals surface area contributed by atoms with Gasteiger partial charge in [-0.25, -0.2) is 8.42 Å². The van der Waals surface area contributed by atoms with E-state index >= 15 is 0 Å². The molecule has 0 radical (unpaired) electrons. The van der Waals surface area contributed by atoms with E-state index in [1.54, 1.807) is 28.5 Å². The first-order valence-corrected chi connectivity index (χ1v) is 10.8. The Morgan fingerprint density at radius 1 is 1.04 bits per heavy atom. The van der Waals surface area contributed by atoms with Gasteiger partial charge >= 0.3 is 0 Å². The van der Waals surface area contributed by atoms with E-state index in [9.17, 15) is 13.2 Å². The van der Waals surface area contributed by atoms with Crippen molar-refractivity contribution in [2.75, 3.05) is 26.2 Å². The molecule has 0 atom stereocenters. The fourth-order valence-corrected chi connectivity index (χ4v) is 5.59. The van der Waals surface area contributed by atoms with Crippen molar-refractivity contribution in [3.63, 3.8) is 0 Å². The number of aromatic amines is 1. The minimum absolute atomic E-state index is 0.169. The van der Waals surface area contributed by atoms with Crippen LogP contribution < -0.4 is 0 Å². The molecule has 27 heavy (non-hydrogen) atoms. The van der Waals surface area contributed by atoms with Crippen LogP contribution in [0.1, 0.15) is 10.5 Å². The number of rotatable bonds is 4. The highest BCUT2D eigenvalue weighted by atomic mass is 32.2. The van der Waals surface area contributed by atoms with Crippen LogP contribution in [-0.2, 0) is 10.0 Å². The largest absolute Gasteiger partial charge is 0.335 e. The Kier molecular flexibility index (Phi) is 4.81. The Balaban J connectivity index is 1.43. The fraction of sp³-hybridized carbons (Fsp3) is 0.222. The molecule has 7 nitrogen and oxygen atoms in total. The second-order valence-corrected chi connectivity index (χ2v) is 9.27. The van der Waals surface area contributed by atoms with Gasteiger partial charge in [0.15, 0.2) is 0 Å². The van der Waals surface area contributed by atoms with Crippen LogP contribution in [0, 0.1) is 0 Å². The van der Waals surface area contributed by atoms with E-state index in [1.807, 2.05) is 30.3 Å². The molecule has 0 bridgehead atoms. The number of carbonyl (C=O) groups is 1. The lowest BCUT2D eigenvalue weighted by Gasteiger charge is -2.33. The molecule has 1 saturated heterocycles. The average molecular weight is 403 g/mol. The second kappa shape index (κ2) is 7.26. The first-order valence-electron chi connectivity index (χ1n) is 8.49. The van der Waals surface area contributed by atoms with Gasteiger partial charge in [-0.15, -0.1) is 11.3 Å². The lowest BCUT2D eigenvalue weighted by molar-refractivity contribution is 0.0692. The Labute approximate surface area is 161 Å². The molecule has 9 heteroatoms. The van der Waals surface area contributed by atoms with E-state index in [0.717, 1.165) is 5.56 Å². The standard InChI is InChI=1S/C18H18N4O3S2/c23-18(16-13-15(19-20-16)14-5-2-1-3-6-14)21-8-10-22(11-9-21)27(24,25)17-7-4-12-26-17/h1-7,12-13H,8-11H2,(H,19,20). The molecular formula is C18H18N4O3S2. The van der Waals surface area contributed by atoms with Crippen molar-refractivity contribution in [3.8, 4) is 11.3 Å². The summed E-state index contributed by atoms with van der Waals surface area (Å²) in [6.07, 6.45) is 0. The number of thiophene rings is 1. The predicted molar refractivity (Wildman–Crippen MR) is 103 cm³/mol. The van der Waals surface area contributed by atoms with Crippen molar-refractivity contribution in [2.24, 2.45) is 0 Å². The number of carbonyl (C=O) groups excluding carboxylic acids is 1. The number of hydrogen-bond acceptors (Lipinski definition) is 5. The van der Waals surface area contributed by atoms with Crippen LogP contribution in [-0.4, -0.2) is 59.9 Å². The Morgan fingerprint density at radius 3 is 2.44 bits per heavy atom. The van der Waals surface area contributed by atoms with Gasteiger partial charge in [0.05, 0.1) is 5.69 Å². The van der Waals surface area contributed by atoms with E-state index in [4.69, 9.17) is 0 Å². The van der Waals surface area contributed by atoms with Crippen LogP contribution in [0.3, 0.4) is 0 Å². The monoisotopic (exact) mass is 402 g/mol. The first-order chi connectivity index (χ1) is 13.1. The maximum atomic E-state index is 12.7. The zero-order valence-electron chi connectivity index (χ0n) is 14.4. The highest BCUT2D eigenvalue weighted by Gasteiger charge is 2.31. The molecule has 0 unspecified atom stereocenters. The lowest BCUT2D eigenvalue weighted by atomic mass is 10.1. The minimum atomic E-state index is -3.47. The second-order valence-electron chi connectivity index (χ2n) is 6.16. The maximum Gasteiger partial charge on any atom is 0.271 e. The van der Waals surface area contributed by atoms with Crippen molar-refractivity contribution in [3.05, 3.63) is 59.6 Å². The van der Waals surface area contributed by atoms with Crippen molar-refractivity contribution >= 4 is 27.3 Å². The van der Waals surface area contributed by atoms with E-state index < -0.39 is 10.0 Å². The summed E-state index contributed by atoms with van der Waals surface area (Å²) in [5.41, 5.74) is 2.04. The molecule has 0 aliphatic carbocycles. The topological polar surface area (TPSA) is 86.4 Å². The number of hydrogen-bond donors (Lipinski definition) is 1. The molecule has 0 spiro atoms. The molecular weight excluding hydrogens is 384 g/mol. The molecule has 4 rings (SSSR count). The third-order valence-corrected chi connectivity index (χ3v) is 7.76. The van der Waals surface area contributed by atoms with Crippen molar-refractivity contribution < 1.29 is 13.2 Å². The fourth-order valence-electron chi connectivity index (χ4n) is 3.03. The molecule has 2 aromatic heterocycles. The highest BCUT2D eigenvalue weighted by Crippen LogP contribution is 2.23. The van der Waals surface area contributed by atoms with Crippen LogP contribution >= 0.6 is 11.3 Å². The van der Waals surface area contributed by atoms with E-state index in [1.165, 1.54) is 15.6 Å². The SMILES string of the molecule is O=C(c1cc(-c2ccccc2)n[nH]1)N1CCN(S(=O)(=O)c2cccs2)CC1. The molecule has 3 aromatic rings. The summed E-state index contributed by atoms with van der Waals surface area (Å²) in [6, 6.07) is 14.7. The molecule has 0 saturated carbocycles. The van der Waals surface area contributed by atoms with Gasteiger partial charge in [-0.2, -0.15) is 9.40 Å². The summed E-state index contributed by atoms with van der Waals surface area (Å²) < 4.78 is 26.9. The van der Waals surface area contributed by atoms with Crippen molar-refractivity contribution in [2.45, 2.75) is 4.21 Å². The summed E-state index contributed by atoms with van der Waals surface area (Å²) in [7, 11) is -3.47. The normalized spacial score (nSPS) is 15.8. The number of amides is 1. The first kappa shape index (κ1) is 17.9. The van der Waals surface area contributed by atoms with Crippen molar-refractivity contribution in [1.29, 1.82) is 0 Å². The minimum Gasteiger partial charge on any atom is -0.335 e. The molecule has 3 heterocycles. The average Bonchev–Trinajstić information content (AvgIpc) is 3.41. The van der Waals surface area contributed by atoms with Crippen LogP contribution in [0.5, 0.6) is 0 Å². The number of nitrogens with one attached hydrogen (secondary N) is 1. The van der Waals surface area contributed by atoms with Gasteiger partial charge in [-0.3, -0.25) is 9.89 Å². The van der Waals surface area contributed by atoms with E-state index in [-0.39, 0.29) is 19.0 Å². The Hall–Kier alpha value is -2.49. The van der Waals surface area contributed by atoms with Gasteiger partial charge in [-0.1, -0.05) is 36.4 Å². The summed E-state index contributed by atoms with van der Waals surface area (Å²) in [4.78, 5) is 14.4. The van der Waals surface area contributed by atoms with Crippen molar-refractivity contribution in [1.82, 2.24) is 19.4 Å². The number of sulfonamides is 1. The third kappa shape index (κ3) is 3.53. The van der Waals surface area contributed by atoms with Gasteiger partial charge in [-0.05, 0) is 17.5 Å². The number of H-pyrrole nitrogens is 1. The van der Waals surface area contributed by atoms with Crippen LogP contribution in [0.4, 0.5) is 0 Å². The molecule has 1 N–H and O–H groups in total. The van der Waals surface area contributed by atoms with Crippen LogP contribution in [0.15, 0.2) is 58.1 Å². The zero-order valence-corrected chi connectivity index (χ0v) is 16.0. The molecule has 1 aliphatic heterocycles. The highest BCUT2D eigenvalue weighted by molar-refractivity contribution is 7.91. The zero-order chi connectivity index (χ0) is 18.9. The van der Waals surface area contributed by atoms with Gasteiger partial charge < -0.3 is 4.90 Å². The Bertz CT molecular complexity index is 1020. The number of aromatic nitrogens is 2. The number of nitrogens with zero attached hydrogens (tertiary/aromatic N) is 3. The quantitative estimate of drug-likeness (QED) is 0.725. The van der Waals surface area contributed by atoms with E-state index in [0.29, 0.717) is 28.7 Å². The summed E-state index contributed by atoms with van der Waals surface area (Å²) in [5, 5.41) is 8.75. The predicted octanol–water partition coefficient (Wildman–Crippen LogP) is 2.28. The summed E-state index contributed by atoms with van der Waals surface area (Å²) >= 11 is 1.20. The van der Waals surface area contributed by atoms with Gasteiger partial charge in [0.2, 0.25) is 0 Å². The smallest absolute Gasteiger partial charge is 0.271 e. The van der Waals surface area contributed by atoms with Crippen LogP contribution in [0.25, 0.3) is 11.3 Å².